The lowest BCUT2D eigenvalue weighted by Crippen LogP contribution is -2.45. The standard InChI is InChI=1S/C27H51NO4/c1-3-5-7-9-11-12-13-15-17-19-21-26(31)25(23-29)28-27(32)22-24(30)20-18-16-14-10-8-6-4-2/h12-13,19,21,24-26,29-31H,3-11,14-18,20,22-23H2,1-2H3,(H,28,32)/b13-12+,21-19+. The van der Waals surface area contributed by atoms with E-state index < -0.39 is 18.2 Å². The number of hydrogen-bond acceptors (Lipinski definition) is 4. The molecule has 0 fully saturated rings. The molecule has 0 saturated heterocycles. The molecule has 0 aromatic rings. The number of unbranched alkanes of at least 4 members (excludes halogenated alkanes) is 11. The van der Waals surface area contributed by atoms with Crippen LogP contribution in [0.5, 0.6) is 0 Å². The zero-order valence-corrected chi connectivity index (χ0v) is 20.8. The van der Waals surface area contributed by atoms with Crippen molar-refractivity contribution in [1.82, 2.24) is 5.32 Å². The van der Waals surface area contributed by atoms with E-state index in [1.165, 1.54) is 57.8 Å². The Morgan fingerprint density at radius 1 is 0.781 bits per heavy atom. The maximum absolute atomic E-state index is 12.2. The number of amides is 1. The van der Waals surface area contributed by atoms with Crippen molar-refractivity contribution in [2.75, 3.05) is 6.61 Å². The molecule has 32 heavy (non-hydrogen) atoms. The Balaban J connectivity index is 3.97. The van der Waals surface area contributed by atoms with Crippen LogP contribution in [0, 0.1) is 0 Å². The number of carbonyl (C=O) groups excluding carboxylic acids is 1. The van der Waals surface area contributed by atoms with Gasteiger partial charge in [-0.2, -0.15) is 0 Å². The average molecular weight is 454 g/mol. The first-order chi connectivity index (χ1) is 15.5. The van der Waals surface area contributed by atoms with Gasteiger partial charge in [-0.05, 0) is 32.1 Å². The molecule has 4 N–H and O–H groups in total. The fourth-order valence-corrected chi connectivity index (χ4v) is 3.64. The van der Waals surface area contributed by atoms with Crippen molar-refractivity contribution in [3.05, 3.63) is 24.3 Å². The molecule has 0 rings (SSSR count). The normalized spacial score (nSPS) is 14.8. The Morgan fingerprint density at radius 2 is 1.34 bits per heavy atom. The summed E-state index contributed by atoms with van der Waals surface area (Å²) < 4.78 is 0. The Kier molecular flexibility index (Phi) is 22.2. The highest BCUT2D eigenvalue weighted by atomic mass is 16.3. The van der Waals surface area contributed by atoms with Crippen molar-refractivity contribution in [3.63, 3.8) is 0 Å². The Labute approximate surface area is 197 Å². The van der Waals surface area contributed by atoms with E-state index in [1.54, 1.807) is 6.08 Å². The van der Waals surface area contributed by atoms with Crippen LogP contribution in [0.4, 0.5) is 0 Å². The smallest absolute Gasteiger partial charge is 0.222 e. The number of hydrogen-bond donors (Lipinski definition) is 4. The summed E-state index contributed by atoms with van der Waals surface area (Å²) in [5, 5.41) is 32.5. The minimum Gasteiger partial charge on any atom is -0.394 e. The van der Waals surface area contributed by atoms with E-state index in [9.17, 15) is 20.1 Å². The fourth-order valence-electron chi connectivity index (χ4n) is 3.64. The minimum absolute atomic E-state index is 0.00577. The summed E-state index contributed by atoms with van der Waals surface area (Å²) in [4.78, 5) is 12.2. The molecule has 0 aromatic heterocycles. The van der Waals surface area contributed by atoms with Gasteiger partial charge < -0.3 is 20.6 Å². The van der Waals surface area contributed by atoms with Gasteiger partial charge in [0.05, 0.1) is 31.3 Å². The Morgan fingerprint density at radius 3 is 2.00 bits per heavy atom. The molecule has 5 heteroatoms. The van der Waals surface area contributed by atoms with Crippen LogP contribution in [0.3, 0.4) is 0 Å². The highest BCUT2D eigenvalue weighted by molar-refractivity contribution is 5.76. The SMILES string of the molecule is CCCCCC/C=C/CC/C=C/C(O)C(CO)NC(=O)CC(O)CCCCCCCCC. The van der Waals surface area contributed by atoms with Crippen LogP contribution in [0.2, 0.25) is 0 Å². The molecule has 0 spiro atoms. The van der Waals surface area contributed by atoms with Crippen LogP contribution in [0.25, 0.3) is 0 Å². The molecule has 3 unspecified atom stereocenters. The van der Waals surface area contributed by atoms with Gasteiger partial charge in [0.1, 0.15) is 0 Å². The van der Waals surface area contributed by atoms with Gasteiger partial charge in [-0.3, -0.25) is 4.79 Å². The monoisotopic (exact) mass is 453 g/mol. The number of aliphatic hydroxyl groups excluding tert-OH is 3. The van der Waals surface area contributed by atoms with E-state index in [0.717, 1.165) is 32.1 Å². The number of nitrogens with one attached hydrogen (secondary N) is 1. The molecule has 0 radical (unpaired) electrons. The third kappa shape index (κ3) is 19.5. The topological polar surface area (TPSA) is 89.8 Å². The van der Waals surface area contributed by atoms with Gasteiger partial charge in [-0.25, -0.2) is 0 Å². The molecule has 5 nitrogen and oxygen atoms in total. The van der Waals surface area contributed by atoms with Crippen LogP contribution < -0.4 is 5.32 Å². The van der Waals surface area contributed by atoms with Gasteiger partial charge >= 0.3 is 0 Å². The summed E-state index contributed by atoms with van der Waals surface area (Å²) in [5.74, 6) is -0.335. The lowest BCUT2D eigenvalue weighted by Gasteiger charge is -2.21. The summed E-state index contributed by atoms with van der Waals surface area (Å²) >= 11 is 0. The number of aliphatic hydroxyl groups is 3. The fraction of sp³-hybridized carbons (Fsp3) is 0.815. The van der Waals surface area contributed by atoms with E-state index in [1.807, 2.05) is 6.08 Å². The lowest BCUT2D eigenvalue weighted by atomic mass is 10.0. The quantitative estimate of drug-likeness (QED) is 0.127. The molecule has 0 aliphatic heterocycles. The molecular weight excluding hydrogens is 402 g/mol. The van der Waals surface area contributed by atoms with Gasteiger partial charge in [-0.1, -0.05) is 102 Å². The van der Waals surface area contributed by atoms with Gasteiger partial charge in [0.25, 0.3) is 0 Å². The predicted molar refractivity (Wildman–Crippen MR) is 135 cm³/mol. The molecular formula is C27H51NO4. The molecule has 0 heterocycles. The highest BCUT2D eigenvalue weighted by Gasteiger charge is 2.19. The summed E-state index contributed by atoms with van der Waals surface area (Å²) in [7, 11) is 0. The van der Waals surface area contributed by atoms with Crippen LogP contribution >= 0.6 is 0 Å². The van der Waals surface area contributed by atoms with Crippen molar-refractivity contribution < 1.29 is 20.1 Å². The zero-order chi connectivity index (χ0) is 23.9. The summed E-state index contributed by atoms with van der Waals surface area (Å²) in [5.41, 5.74) is 0. The Hall–Kier alpha value is -1.17. The minimum atomic E-state index is -0.942. The second-order valence-electron chi connectivity index (χ2n) is 8.94. The van der Waals surface area contributed by atoms with Crippen molar-refractivity contribution >= 4 is 5.91 Å². The maximum Gasteiger partial charge on any atom is 0.222 e. The summed E-state index contributed by atoms with van der Waals surface area (Å²) in [6, 6.07) is -0.751. The van der Waals surface area contributed by atoms with Crippen molar-refractivity contribution in [2.45, 2.75) is 135 Å². The van der Waals surface area contributed by atoms with Gasteiger partial charge in [0.2, 0.25) is 5.91 Å². The van der Waals surface area contributed by atoms with E-state index in [4.69, 9.17) is 0 Å². The first-order valence-electron chi connectivity index (χ1n) is 13.1. The molecule has 0 aliphatic rings. The number of rotatable bonds is 22. The third-order valence-electron chi connectivity index (χ3n) is 5.74. The predicted octanol–water partition coefficient (Wildman–Crippen LogP) is 5.58. The van der Waals surface area contributed by atoms with Crippen molar-refractivity contribution in [3.8, 4) is 0 Å². The second kappa shape index (κ2) is 23.0. The second-order valence-corrected chi connectivity index (χ2v) is 8.94. The van der Waals surface area contributed by atoms with Crippen LogP contribution in [0.15, 0.2) is 24.3 Å². The van der Waals surface area contributed by atoms with Crippen LogP contribution in [-0.2, 0) is 4.79 Å². The van der Waals surface area contributed by atoms with Gasteiger partial charge in [0, 0.05) is 0 Å². The van der Waals surface area contributed by atoms with Crippen LogP contribution in [0.1, 0.15) is 117 Å². The Bertz CT molecular complexity index is 478. The van der Waals surface area contributed by atoms with Gasteiger partial charge in [0.15, 0.2) is 0 Å². The van der Waals surface area contributed by atoms with Crippen molar-refractivity contribution in [1.29, 1.82) is 0 Å². The molecule has 188 valence electrons. The van der Waals surface area contributed by atoms with Crippen LogP contribution in [-0.4, -0.2) is 46.1 Å². The summed E-state index contributed by atoms with van der Waals surface area (Å²) in [6.45, 7) is 4.07. The zero-order valence-electron chi connectivity index (χ0n) is 20.8. The maximum atomic E-state index is 12.2. The molecule has 0 aliphatic carbocycles. The molecule has 1 amide bonds. The highest BCUT2D eigenvalue weighted by Crippen LogP contribution is 2.11. The van der Waals surface area contributed by atoms with E-state index in [0.29, 0.717) is 6.42 Å². The number of allylic oxidation sites excluding steroid dienone is 3. The third-order valence-corrected chi connectivity index (χ3v) is 5.74. The van der Waals surface area contributed by atoms with E-state index in [-0.39, 0.29) is 18.9 Å². The first-order valence-corrected chi connectivity index (χ1v) is 13.1. The average Bonchev–Trinajstić information content (AvgIpc) is 2.77. The summed E-state index contributed by atoms with van der Waals surface area (Å²) in [6.07, 6.45) is 23.1. The number of carbonyl (C=O) groups is 1. The lowest BCUT2D eigenvalue weighted by molar-refractivity contribution is -0.124. The molecule has 0 bridgehead atoms. The molecule has 0 aromatic carbocycles. The van der Waals surface area contributed by atoms with E-state index in [2.05, 4.69) is 31.3 Å². The largest absolute Gasteiger partial charge is 0.394 e. The van der Waals surface area contributed by atoms with E-state index >= 15 is 0 Å². The first kappa shape index (κ1) is 30.8. The molecule has 3 atom stereocenters. The van der Waals surface area contributed by atoms with Gasteiger partial charge in [-0.15, -0.1) is 0 Å². The molecule has 0 saturated carbocycles. The van der Waals surface area contributed by atoms with Crippen molar-refractivity contribution in [2.24, 2.45) is 0 Å².